The summed E-state index contributed by atoms with van der Waals surface area (Å²) in [6, 6.07) is 7.25. The normalized spacial score (nSPS) is 25.8. The zero-order valence-electron chi connectivity index (χ0n) is 11.1. The maximum atomic E-state index is 10.8. The summed E-state index contributed by atoms with van der Waals surface area (Å²) in [6.45, 7) is 0.505. The van der Waals surface area contributed by atoms with Crippen molar-refractivity contribution in [3.8, 4) is 5.75 Å². The number of nitrogens with zero attached hydrogens (tertiary/aromatic N) is 2. The van der Waals surface area contributed by atoms with E-state index in [1.165, 1.54) is 0 Å². The third-order valence-corrected chi connectivity index (χ3v) is 4.03. The van der Waals surface area contributed by atoms with Crippen LogP contribution in [0.25, 0.3) is 0 Å². The van der Waals surface area contributed by atoms with Gasteiger partial charge in [-0.25, -0.2) is 4.98 Å². The molecule has 20 heavy (non-hydrogen) atoms. The Bertz CT molecular complexity index is 556. The number of rotatable bonds is 4. The van der Waals surface area contributed by atoms with Crippen LogP contribution in [0.2, 0.25) is 5.02 Å². The highest BCUT2D eigenvalue weighted by Gasteiger charge is 2.43. The van der Waals surface area contributed by atoms with Crippen LogP contribution in [-0.2, 0) is 6.54 Å². The predicted octanol–water partition coefficient (Wildman–Crippen LogP) is 2.90. The van der Waals surface area contributed by atoms with Gasteiger partial charge in [-0.3, -0.25) is 0 Å². The van der Waals surface area contributed by atoms with Gasteiger partial charge < -0.3 is 14.4 Å². The summed E-state index contributed by atoms with van der Waals surface area (Å²) in [4.78, 5) is 4.01. The van der Waals surface area contributed by atoms with Gasteiger partial charge >= 0.3 is 0 Å². The van der Waals surface area contributed by atoms with E-state index in [1.54, 1.807) is 24.7 Å². The van der Waals surface area contributed by atoms with Crippen molar-refractivity contribution in [2.45, 2.75) is 37.5 Å². The zero-order valence-corrected chi connectivity index (χ0v) is 11.8. The van der Waals surface area contributed by atoms with E-state index in [-0.39, 0.29) is 6.10 Å². The zero-order chi connectivity index (χ0) is 14.0. The largest absolute Gasteiger partial charge is 0.487 e. The van der Waals surface area contributed by atoms with Crippen molar-refractivity contribution in [1.82, 2.24) is 9.55 Å². The minimum atomic E-state index is -0.847. The highest BCUT2D eigenvalue weighted by molar-refractivity contribution is 6.30. The number of aromatic nitrogens is 2. The number of hydrogen-bond donors (Lipinski definition) is 1. The fourth-order valence-corrected chi connectivity index (χ4v) is 2.87. The molecule has 1 aliphatic rings. The lowest BCUT2D eigenvalue weighted by atomic mass is 9.99. The van der Waals surface area contributed by atoms with Crippen LogP contribution in [0.15, 0.2) is 43.0 Å². The van der Waals surface area contributed by atoms with Crippen molar-refractivity contribution in [1.29, 1.82) is 0 Å². The summed E-state index contributed by atoms with van der Waals surface area (Å²) in [5.41, 5.74) is -0.847. The van der Waals surface area contributed by atoms with Crippen LogP contribution in [0, 0.1) is 0 Å². The molecule has 1 saturated carbocycles. The first-order valence-electron chi connectivity index (χ1n) is 6.76. The second-order valence-corrected chi connectivity index (χ2v) is 5.73. The molecule has 1 fully saturated rings. The lowest BCUT2D eigenvalue weighted by Gasteiger charge is -2.30. The molecule has 1 aromatic carbocycles. The fourth-order valence-electron chi connectivity index (χ4n) is 2.75. The Morgan fingerprint density at radius 2 is 2.20 bits per heavy atom. The van der Waals surface area contributed by atoms with E-state index >= 15 is 0 Å². The molecule has 4 nitrogen and oxygen atoms in total. The molecule has 2 atom stereocenters. The molecule has 1 heterocycles. The van der Waals surface area contributed by atoms with E-state index < -0.39 is 5.60 Å². The molecule has 0 bridgehead atoms. The Morgan fingerprint density at radius 3 is 2.90 bits per heavy atom. The molecule has 2 aromatic rings. The average Bonchev–Trinajstić information content (AvgIpc) is 3.04. The van der Waals surface area contributed by atoms with Crippen LogP contribution in [0.4, 0.5) is 0 Å². The average molecular weight is 293 g/mol. The Balaban J connectivity index is 1.73. The second kappa shape index (κ2) is 5.46. The first-order valence-corrected chi connectivity index (χ1v) is 7.14. The molecule has 1 N–H and O–H groups in total. The van der Waals surface area contributed by atoms with Gasteiger partial charge in [0.25, 0.3) is 0 Å². The fraction of sp³-hybridized carbons (Fsp3) is 0.400. The summed E-state index contributed by atoms with van der Waals surface area (Å²) < 4.78 is 7.84. The number of hydrogen-bond acceptors (Lipinski definition) is 3. The standard InChI is InChI=1S/C15H17ClN2O2/c16-12-3-5-13(6-4-12)20-14-2-1-7-15(14,19)10-18-9-8-17-11-18/h3-6,8-9,11,14,19H,1-2,7,10H2. The van der Waals surface area contributed by atoms with Crippen LogP contribution in [-0.4, -0.2) is 26.4 Å². The quantitative estimate of drug-likeness (QED) is 0.942. The first-order chi connectivity index (χ1) is 9.66. The molecule has 0 radical (unpaired) electrons. The number of halogens is 1. The van der Waals surface area contributed by atoms with Crippen LogP contribution in [0.5, 0.6) is 5.75 Å². The summed E-state index contributed by atoms with van der Waals surface area (Å²) in [6.07, 6.45) is 7.64. The van der Waals surface area contributed by atoms with Crippen molar-refractivity contribution in [2.75, 3.05) is 0 Å². The highest BCUT2D eigenvalue weighted by Crippen LogP contribution is 2.35. The van der Waals surface area contributed by atoms with Gasteiger partial charge in [0, 0.05) is 17.4 Å². The molecule has 0 saturated heterocycles. The maximum Gasteiger partial charge on any atom is 0.129 e. The predicted molar refractivity (Wildman–Crippen MR) is 76.9 cm³/mol. The van der Waals surface area contributed by atoms with Gasteiger partial charge in [0.15, 0.2) is 0 Å². The van der Waals surface area contributed by atoms with Crippen LogP contribution in [0.1, 0.15) is 19.3 Å². The van der Waals surface area contributed by atoms with Crippen molar-refractivity contribution >= 4 is 11.6 Å². The molecule has 1 aromatic heterocycles. The van der Waals surface area contributed by atoms with Crippen LogP contribution in [0.3, 0.4) is 0 Å². The van der Waals surface area contributed by atoms with Gasteiger partial charge in [-0.1, -0.05) is 11.6 Å². The molecular formula is C15H17ClN2O2. The molecule has 5 heteroatoms. The minimum Gasteiger partial charge on any atom is -0.487 e. The van der Waals surface area contributed by atoms with E-state index in [2.05, 4.69) is 4.98 Å². The van der Waals surface area contributed by atoms with Gasteiger partial charge in [0.05, 0.1) is 12.9 Å². The Hall–Kier alpha value is -1.52. The van der Waals surface area contributed by atoms with Crippen molar-refractivity contribution < 1.29 is 9.84 Å². The molecule has 106 valence electrons. The van der Waals surface area contributed by atoms with Gasteiger partial charge in [0.2, 0.25) is 0 Å². The summed E-state index contributed by atoms with van der Waals surface area (Å²) >= 11 is 5.86. The maximum absolute atomic E-state index is 10.8. The van der Waals surface area contributed by atoms with Crippen LogP contribution < -0.4 is 4.74 Å². The molecule has 0 aliphatic heterocycles. The van der Waals surface area contributed by atoms with Gasteiger partial charge in [-0.15, -0.1) is 0 Å². The van der Waals surface area contributed by atoms with Gasteiger partial charge in [0.1, 0.15) is 17.5 Å². The summed E-state index contributed by atoms with van der Waals surface area (Å²) in [5.74, 6) is 0.741. The Morgan fingerprint density at radius 1 is 1.40 bits per heavy atom. The molecule has 1 aliphatic carbocycles. The lowest BCUT2D eigenvalue weighted by Crippen LogP contribution is -2.44. The molecule has 0 spiro atoms. The smallest absolute Gasteiger partial charge is 0.129 e. The third-order valence-electron chi connectivity index (χ3n) is 3.78. The van der Waals surface area contributed by atoms with E-state index in [1.807, 2.05) is 22.9 Å². The van der Waals surface area contributed by atoms with Crippen molar-refractivity contribution in [3.05, 3.63) is 48.0 Å². The Labute approximate surface area is 123 Å². The van der Waals surface area contributed by atoms with E-state index in [9.17, 15) is 5.11 Å². The number of ether oxygens (including phenoxy) is 1. The topological polar surface area (TPSA) is 47.3 Å². The Kier molecular flexibility index (Phi) is 3.68. The molecule has 0 amide bonds. The first kappa shape index (κ1) is 13.5. The number of aliphatic hydroxyl groups is 1. The number of imidazole rings is 1. The monoisotopic (exact) mass is 292 g/mol. The van der Waals surface area contributed by atoms with Crippen molar-refractivity contribution in [3.63, 3.8) is 0 Å². The molecular weight excluding hydrogens is 276 g/mol. The van der Waals surface area contributed by atoms with Gasteiger partial charge in [-0.05, 0) is 43.5 Å². The van der Waals surface area contributed by atoms with E-state index in [0.717, 1.165) is 25.0 Å². The minimum absolute atomic E-state index is 0.203. The highest BCUT2D eigenvalue weighted by atomic mass is 35.5. The van der Waals surface area contributed by atoms with Crippen LogP contribution >= 0.6 is 11.6 Å². The summed E-state index contributed by atoms with van der Waals surface area (Å²) in [5, 5.41) is 11.5. The van der Waals surface area contributed by atoms with E-state index in [4.69, 9.17) is 16.3 Å². The third kappa shape index (κ3) is 2.81. The lowest BCUT2D eigenvalue weighted by molar-refractivity contribution is -0.0524. The number of benzene rings is 1. The second-order valence-electron chi connectivity index (χ2n) is 5.29. The molecule has 3 rings (SSSR count). The summed E-state index contributed by atoms with van der Waals surface area (Å²) in [7, 11) is 0. The SMILES string of the molecule is OC1(Cn2ccnc2)CCCC1Oc1ccc(Cl)cc1. The van der Waals surface area contributed by atoms with Gasteiger partial charge in [-0.2, -0.15) is 0 Å². The molecule has 2 unspecified atom stereocenters. The van der Waals surface area contributed by atoms with E-state index in [0.29, 0.717) is 11.6 Å². The van der Waals surface area contributed by atoms with Crippen molar-refractivity contribution in [2.24, 2.45) is 0 Å².